The molecule has 0 atom stereocenters. The van der Waals surface area contributed by atoms with Gasteiger partial charge in [0.25, 0.3) is 0 Å². The number of hydrogen-bond acceptors (Lipinski definition) is 4. The van der Waals surface area contributed by atoms with E-state index in [-0.39, 0.29) is 5.91 Å². The van der Waals surface area contributed by atoms with Crippen molar-refractivity contribution in [2.45, 2.75) is 52.5 Å². The lowest BCUT2D eigenvalue weighted by atomic mass is 10.2. The SMILES string of the molecule is CCCCN(CCCC)C(=O)CCn1[nH]nnc1=S. The van der Waals surface area contributed by atoms with Crippen LogP contribution in [0.5, 0.6) is 0 Å². The Labute approximate surface area is 119 Å². The third-order valence-electron chi connectivity index (χ3n) is 3.00. The Morgan fingerprint density at radius 2 is 1.95 bits per heavy atom. The number of hydrogen-bond donors (Lipinski definition) is 1. The van der Waals surface area contributed by atoms with E-state index in [1.807, 2.05) is 4.90 Å². The first-order chi connectivity index (χ1) is 9.19. The first-order valence-corrected chi connectivity index (χ1v) is 7.35. The van der Waals surface area contributed by atoms with Gasteiger partial charge < -0.3 is 4.90 Å². The largest absolute Gasteiger partial charge is 0.343 e. The molecule has 0 fully saturated rings. The molecule has 1 aromatic heterocycles. The maximum absolute atomic E-state index is 12.2. The lowest BCUT2D eigenvalue weighted by molar-refractivity contribution is -0.131. The molecule has 0 saturated heterocycles. The molecule has 0 radical (unpaired) electrons. The van der Waals surface area contributed by atoms with Crippen LogP contribution in [0, 0.1) is 4.77 Å². The maximum Gasteiger partial charge on any atom is 0.238 e. The number of aromatic amines is 1. The molecule has 19 heavy (non-hydrogen) atoms. The molecule has 108 valence electrons. The molecule has 7 heteroatoms. The zero-order valence-electron chi connectivity index (χ0n) is 11.8. The number of tetrazole rings is 1. The highest BCUT2D eigenvalue weighted by atomic mass is 32.1. The number of carbonyl (C=O) groups excluding carboxylic acids is 1. The van der Waals surface area contributed by atoms with Crippen molar-refractivity contribution in [1.29, 1.82) is 0 Å². The van der Waals surface area contributed by atoms with Crippen molar-refractivity contribution in [2.24, 2.45) is 0 Å². The van der Waals surface area contributed by atoms with Crippen LogP contribution in [0.1, 0.15) is 46.0 Å². The highest BCUT2D eigenvalue weighted by Gasteiger charge is 2.12. The number of H-pyrrole nitrogens is 1. The van der Waals surface area contributed by atoms with E-state index in [1.165, 1.54) is 0 Å². The third-order valence-corrected chi connectivity index (χ3v) is 3.30. The molecule has 0 aliphatic heterocycles. The zero-order valence-corrected chi connectivity index (χ0v) is 12.6. The molecule has 1 aromatic rings. The molecule has 1 amide bonds. The van der Waals surface area contributed by atoms with Crippen LogP contribution in [0.4, 0.5) is 0 Å². The number of amides is 1. The second-order valence-corrected chi connectivity index (χ2v) is 4.94. The van der Waals surface area contributed by atoms with Crippen LogP contribution in [0.25, 0.3) is 0 Å². The molecule has 0 aliphatic rings. The Kier molecular flexibility index (Phi) is 7.32. The highest BCUT2D eigenvalue weighted by Crippen LogP contribution is 2.03. The second-order valence-electron chi connectivity index (χ2n) is 4.57. The molecule has 1 N–H and O–H groups in total. The summed E-state index contributed by atoms with van der Waals surface area (Å²) in [6, 6.07) is 0. The standard InChI is InChI=1S/C12H23N5OS/c1-3-5-8-16(9-6-4-2)11(18)7-10-17-12(19)13-14-15-17/h3-10H2,1-2H3,(H,13,15,19). The average molecular weight is 285 g/mol. The average Bonchev–Trinajstić information content (AvgIpc) is 2.82. The van der Waals surface area contributed by atoms with E-state index in [2.05, 4.69) is 29.4 Å². The molecule has 0 spiro atoms. The summed E-state index contributed by atoms with van der Waals surface area (Å²) in [6.07, 6.45) is 4.75. The van der Waals surface area contributed by atoms with E-state index in [4.69, 9.17) is 12.2 Å². The number of nitrogens with zero attached hydrogens (tertiary/aromatic N) is 4. The summed E-state index contributed by atoms with van der Waals surface area (Å²) in [5, 5.41) is 9.96. The van der Waals surface area contributed by atoms with E-state index < -0.39 is 0 Å². The Bertz CT molecular complexity index is 420. The van der Waals surface area contributed by atoms with Gasteiger partial charge in [0.15, 0.2) is 0 Å². The Morgan fingerprint density at radius 3 is 2.42 bits per heavy atom. The van der Waals surface area contributed by atoms with Gasteiger partial charge in [-0.2, -0.15) is 5.21 Å². The Balaban J connectivity index is 2.46. The van der Waals surface area contributed by atoms with Gasteiger partial charge >= 0.3 is 0 Å². The zero-order chi connectivity index (χ0) is 14.1. The van der Waals surface area contributed by atoms with E-state index >= 15 is 0 Å². The molecule has 1 rings (SSSR count). The molecule has 6 nitrogen and oxygen atoms in total. The number of unbranched alkanes of at least 4 members (excludes halogenated alkanes) is 2. The van der Waals surface area contributed by atoms with Crippen molar-refractivity contribution >= 4 is 18.1 Å². The minimum absolute atomic E-state index is 0.179. The van der Waals surface area contributed by atoms with Crippen LogP contribution >= 0.6 is 12.2 Å². The molecular weight excluding hydrogens is 262 g/mol. The summed E-state index contributed by atoms with van der Waals surface area (Å²) in [5.74, 6) is 0.179. The van der Waals surface area contributed by atoms with Crippen molar-refractivity contribution in [2.75, 3.05) is 13.1 Å². The molecule has 0 aliphatic carbocycles. The fourth-order valence-corrected chi connectivity index (χ4v) is 1.96. The molecule has 1 heterocycles. The van der Waals surface area contributed by atoms with Gasteiger partial charge in [-0.25, -0.2) is 4.68 Å². The summed E-state index contributed by atoms with van der Waals surface area (Å²) in [6.45, 7) is 6.49. The smallest absolute Gasteiger partial charge is 0.238 e. The minimum Gasteiger partial charge on any atom is -0.343 e. The van der Waals surface area contributed by atoms with Gasteiger partial charge in [0.05, 0.1) is 6.54 Å². The van der Waals surface area contributed by atoms with E-state index in [1.54, 1.807) is 4.68 Å². The predicted molar refractivity (Wildman–Crippen MR) is 76.2 cm³/mol. The van der Waals surface area contributed by atoms with Gasteiger partial charge in [0.2, 0.25) is 10.7 Å². The lowest BCUT2D eigenvalue weighted by Crippen LogP contribution is -2.33. The Morgan fingerprint density at radius 1 is 1.32 bits per heavy atom. The predicted octanol–water partition coefficient (Wildman–Crippen LogP) is 2.15. The molecule has 0 bridgehead atoms. The van der Waals surface area contributed by atoms with Crippen LogP contribution < -0.4 is 0 Å². The highest BCUT2D eigenvalue weighted by molar-refractivity contribution is 7.71. The van der Waals surface area contributed by atoms with Crippen molar-refractivity contribution in [1.82, 2.24) is 25.1 Å². The van der Waals surface area contributed by atoms with E-state index in [0.717, 1.165) is 38.8 Å². The second kappa shape index (κ2) is 8.79. The summed E-state index contributed by atoms with van der Waals surface area (Å²) in [4.78, 5) is 14.1. The number of aryl methyl sites for hydroxylation is 1. The van der Waals surface area contributed by atoms with Crippen LogP contribution in [0.15, 0.2) is 0 Å². The lowest BCUT2D eigenvalue weighted by Gasteiger charge is -2.22. The molecule has 0 saturated carbocycles. The first-order valence-electron chi connectivity index (χ1n) is 6.94. The van der Waals surface area contributed by atoms with Gasteiger partial charge in [0.1, 0.15) is 0 Å². The minimum atomic E-state index is 0.179. The molecular formula is C12H23N5OS. The summed E-state index contributed by atoms with van der Waals surface area (Å²) in [7, 11) is 0. The first kappa shape index (κ1) is 15.8. The summed E-state index contributed by atoms with van der Waals surface area (Å²) >= 11 is 4.98. The normalized spacial score (nSPS) is 10.6. The van der Waals surface area contributed by atoms with Gasteiger partial charge in [-0.1, -0.05) is 37.0 Å². The van der Waals surface area contributed by atoms with Gasteiger partial charge in [0, 0.05) is 19.5 Å². The number of carbonyl (C=O) groups is 1. The fraction of sp³-hybridized carbons (Fsp3) is 0.833. The van der Waals surface area contributed by atoms with E-state index in [0.29, 0.717) is 17.7 Å². The fourth-order valence-electron chi connectivity index (χ4n) is 1.79. The monoisotopic (exact) mass is 285 g/mol. The maximum atomic E-state index is 12.2. The van der Waals surface area contributed by atoms with Crippen LogP contribution in [-0.2, 0) is 11.3 Å². The quantitative estimate of drug-likeness (QED) is 0.706. The van der Waals surface area contributed by atoms with Crippen molar-refractivity contribution in [3.8, 4) is 0 Å². The van der Waals surface area contributed by atoms with E-state index in [9.17, 15) is 4.79 Å². The topological polar surface area (TPSA) is 66.8 Å². The van der Waals surface area contributed by atoms with Crippen LogP contribution in [0.2, 0.25) is 0 Å². The third kappa shape index (κ3) is 5.50. The van der Waals surface area contributed by atoms with Crippen molar-refractivity contribution in [3.63, 3.8) is 0 Å². The number of rotatable bonds is 9. The van der Waals surface area contributed by atoms with Crippen molar-refractivity contribution in [3.05, 3.63) is 4.77 Å². The van der Waals surface area contributed by atoms with Crippen LogP contribution in [-0.4, -0.2) is 44.1 Å². The number of aromatic nitrogens is 4. The van der Waals surface area contributed by atoms with Crippen molar-refractivity contribution < 1.29 is 4.79 Å². The van der Waals surface area contributed by atoms with Gasteiger partial charge in [-0.3, -0.25) is 4.79 Å². The van der Waals surface area contributed by atoms with Gasteiger partial charge in [-0.05, 0) is 25.1 Å². The van der Waals surface area contributed by atoms with Crippen LogP contribution in [0.3, 0.4) is 0 Å². The summed E-state index contributed by atoms with van der Waals surface area (Å²) < 4.78 is 2.01. The summed E-state index contributed by atoms with van der Waals surface area (Å²) in [5.41, 5.74) is 0. The van der Waals surface area contributed by atoms with Gasteiger partial charge in [-0.15, -0.1) is 0 Å². The number of nitrogens with one attached hydrogen (secondary N) is 1. The Hall–Kier alpha value is -1.24. The molecule has 0 unspecified atom stereocenters. The molecule has 0 aromatic carbocycles.